The van der Waals surface area contributed by atoms with Gasteiger partial charge in [0.05, 0.1) is 24.1 Å². The first-order chi connectivity index (χ1) is 13.5. The van der Waals surface area contributed by atoms with Gasteiger partial charge in [0.25, 0.3) is 11.1 Å². The molecule has 28 heavy (non-hydrogen) atoms. The molecule has 2 N–H and O–H groups in total. The Morgan fingerprint density at radius 3 is 2.57 bits per heavy atom. The molecule has 0 amide bonds. The monoisotopic (exact) mass is 378 g/mol. The fraction of sp³-hybridized carbons (Fsp3) is 0.158. The Morgan fingerprint density at radius 2 is 1.89 bits per heavy atom. The van der Waals surface area contributed by atoms with Crippen LogP contribution in [0.5, 0.6) is 0 Å². The number of anilines is 2. The van der Waals surface area contributed by atoms with Gasteiger partial charge in [0.2, 0.25) is 5.95 Å². The lowest BCUT2D eigenvalue weighted by Crippen LogP contribution is -2.22. The summed E-state index contributed by atoms with van der Waals surface area (Å²) in [5, 5.41) is 10.8. The van der Waals surface area contributed by atoms with Crippen molar-refractivity contribution in [1.82, 2.24) is 24.5 Å². The smallest absolute Gasteiger partial charge is 0.295 e. The zero-order valence-electron chi connectivity index (χ0n) is 15.3. The van der Waals surface area contributed by atoms with Gasteiger partial charge in [-0.3, -0.25) is 19.3 Å². The number of rotatable bonds is 5. The molecule has 9 nitrogen and oxygen atoms in total. The molecule has 0 aliphatic carbocycles. The molecule has 1 aromatic carbocycles. The molecule has 4 rings (SSSR count). The van der Waals surface area contributed by atoms with Crippen LogP contribution in [-0.4, -0.2) is 24.5 Å². The van der Waals surface area contributed by atoms with Crippen LogP contribution < -0.4 is 16.4 Å². The molecule has 0 saturated heterocycles. The van der Waals surface area contributed by atoms with E-state index < -0.39 is 5.56 Å². The van der Waals surface area contributed by atoms with Gasteiger partial charge in [0.15, 0.2) is 0 Å². The van der Waals surface area contributed by atoms with Gasteiger partial charge in [-0.25, -0.2) is 4.68 Å². The molecule has 0 aliphatic heterocycles. The Hall–Kier alpha value is -3.88. The van der Waals surface area contributed by atoms with Crippen LogP contribution in [0.1, 0.15) is 17.1 Å². The fourth-order valence-electron chi connectivity index (χ4n) is 2.94. The van der Waals surface area contributed by atoms with E-state index in [0.717, 1.165) is 5.69 Å². The Morgan fingerprint density at radius 1 is 1.11 bits per heavy atom. The standard InChI is InChI=1S/C19H18N6O3/c1-12-16(18(27)25(24(12)2)13-7-4-3-5-8-13)20-19-21-17(26)15(22-23-19)11-14-9-6-10-28-14/h3-10H,11H2,1-2H3,(H2,20,21,23,26). The zero-order valence-corrected chi connectivity index (χ0v) is 15.3. The van der Waals surface area contributed by atoms with Crippen molar-refractivity contribution in [2.75, 3.05) is 5.32 Å². The molecule has 0 aliphatic rings. The molecule has 0 atom stereocenters. The van der Waals surface area contributed by atoms with Gasteiger partial charge in [-0.2, -0.15) is 0 Å². The Kier molecular flexibility index (Phi) is 4.40. The number of H-pyrrole nitrogens is 1. The quantitative estimate of drug-likeness (QED) is 0.549. The van der Waals surface area contributed by atoms with Crippen molar-refractivity contribution in [2.24, 2.45) is 7.05 Å². The lowest BCUT2D eigenvalue weighted by molar-refractivity contribution is 0.517. The topological polar surface area (TPSA) is 111 Å². The number of aromatic amines is 1. The molecular weight excluding hydrogens is 360 g/mol. The molecule has 0 fully saturated rings. The van der Waals surface area contributed by atoms with Crippen LogP contribution in [0.15, 0.2) is 62.7 Å². The molecule has 0 radical (unpaired) electrons. The fourth-order valence-corrected chi connectivity index (χ4v) is 2.94. The number of benzene rings is 1. The van der Waals surface area contributed by atoms with Crippen molar-refractivity contribution >= 4 is 11.6 Å². The second-order valence-corrected chi connectivity index (χ2v) is 6.27. The number of aromatic nitrogens is 5. The lowest BCUT2D eigenvalue weighted by Gasteiger charge is -2.07. The van der Waals surface area contributed by atoms with Crippen molar-refractivity contribution in [1.29, 1.82) is 0 Å². The van der Waals surface area contributed by atoms with Crippen molar-refractivity contribution in [3.63, 3.8) is 0 Å². The summed E-state index contributed by atoms with van der Waals surface area (Å²) < 4.78 is 8.49. The van der Waals surface area contributed by atoms with Crippen LogP contribution >= 0.6 is 0 Å². The minimum atomic E-state index is -0.397. The molecule has 4 aromatic rings. The molecule has 0 saturated carbocycles. The van der Waals surface area contributed by atoms with Crippen LogP contribution in [0.3, 0.4) is 0 Å². The average molecular weight is 378 g/mol. The van der Waals surface area contributed by atoms with E-state index in [2.05, 4.69) is 20.5 Å². The first kappa shape index (κ1) is 17.5. The van der Waals surface area contributed by atoms with E-state index in [9.17, 15) is 9.59 Å². The van der Waals surface area contributed by atoms with Crippen LogP contribution in [-0.2, 0) is 13.5 Å². The predicted molar refractivity (Wildman–Crippen MR) is 103 cm³/mol. The summed E-state index contributed by atoms with van der Waals surface area (Å²) in [5.41, 5.74) is 1.32. The van der Waals surface area contributed by atoms with Gasteiger partial charge in [-0.15, -0.1) is 10.2 Å². The van der Waals surface area contributed by atoms with Crippen LogP contribution in [0, 0.1) is 6.92 Å². The summed E-state index contributed by atoms with van der Waals surface area (Å²) in [7, 11) is 1.79. The summed E-state index contributed by atoms with van der Waals surface area (Å²) in [5.74, 6) is 0.712. The Bertz CT molecular complexity index is 1220. The minimum absolute atomic E-state index is 0.0965. The molecule has 3 heterocycles. The van der Waals surface area contributed by atoms with Gasteiger partial charge >= 0.3 is 0 Å². The zero-order chi connectivity index (χ0) is 19.7. The molecule has 0 unspecified atom stereocenters. The number of nitrogens with zero attached hydrogens (tertiary/aromatic N) is 4. The maximum Gasteiger partial charge on any atom is 0.295 e. The summed E-state index contributed by atoms with van der Waals surface area (Å²) in [6, 6.07) is 12.8. The number of hydrogen-bond donors (Lipinski definition) is 2. The van der Waals surface area contributed by atoms with Crippen LogP contribution in [0.2, 0.25) is 0 Å². The van der Waals surface area contributed by atoms with E-state index in [1.165, 1.54) is 10.9 Å². The third-order valence-electron chi connectivity index (χ3n) is 4.48. The third kappa shape index (κ3) is 3.13. The Balaban J connectivity index is 1.66. The first-order valence-corrected chi connectivity index (χ1v) is 8.64. The number of nitrogens with one attached hydrogen (secondary N) is 2. The van der Waals surface area contributed by atoms with Crippen LogP contribution in [0.4, 0.5) is 11.6 Å². The van der Waals surface area contributed by atoms with Crippen molar-refractivity contribution < 1.29 is 4.42 Å². The number of hydrogen-bond acceptors (Lipinski definition) is 6. The van der Waals surface area contributed by atoms with Crippen molar-refractivity contribution in [2.45, 2.75) is 13.3 Å². The Labute approximate surface area is 159 Å². The highest BCUT2D eigenvalue weighted by Gasteiger charge is 2.17. The van der Waals surface area contributed by atoms with Gasteiger partial charge in [0, 0.05) is 7.05 Å². The summed E-state index contributed by atoms with van der Waals surface area (Å²) >= 11 is 0. The molecule has 142 valence electrons. The number of para-hydroxylation sites is 1. The van der Waals surface area contributed by atoms with E-state index in [-0.39, 0.29) is 23.6 Å². The molecular formula is C19H18N6O3. The number of furan rings is 1. The highest BCUT2D eigenvalue weighted by molar-refractivity contribution is 5.56. The molecule has 0 bridgehead atoms. The molecule has 0 spiro atoms. The normalized spacial score (nSPS) is 10.9. The summed E-state index contributed by atoms with van der Waals surface area (Å²) in [6.45, 7) is 1.81. The van der Waals surface area contributed by atoms with Gasteiger partial charge in [0.1, 0.15) is 17.1 Å². The third-order valence-corrected chi connectivity index (χ3v) is 4.48. The molecule has 3 aromatic heterocycles. The van der Waals surface area contributed by atoms with Crippen LogP contribution in [0.25, 0.3) is 5.69 Å². The average Bonchev–Trinajstić information content (AvgIpc) is 3.28. The van der Waals surface area contributed by atoms with E-state index in [4.69, 9.17) is 4.42 Å². The first-order valence-electron chi connectivity index (χ1n) is 8.64. The second-order valence-electron chi connectivity index (χ2n) is 6.27. The predicted octanol–water partition coefficient (Wildman–Crippen LogP) is 1.89. The van der Waals surface area contributed by atoms with E-state index in [0.29, 0.717) is 17.1 Å². The highest BCUT2D eigenvalue weighted by atomic mass is 16.3. The van der Waals surface area contributed by atoms with Crippen molar-refractivity contribution in [3.05, 3.63) is 86.6 Å². The maximum absolute atomic E-state index is 12.9. The highest BCUT2D eigenvalue weighted by Crippen LogP contribution is 2.16. The van der Waals surface area contributed by atoms with E-state index in [1.807, 2.05) is 30.3 Å². The van der Waals surface area contributed by atoms with E-state index in [1.54, 1.807) is 30.8 Å². The maximum atomic E-state index is 12.9. The van der Waals surface area contributed by atoms with Gasteiger partial charge < -0.3 is 9.73 Å². The minimum Gasteiger partial charge on any atom is -0.469 e. The summed E-state index contributed by atoms with van der Waals surface area (Å²) in [6.07, 6.45) is 1.77. The van der Waals surface area contributed by atoms with Gasteiger partial charge in [-0.1, -0.05) is 18.2 Å². The van der Waals surface area contributed by atoms with Gasteiger partial charge in [-0.05, 0) is 31.2 Å². The molecule has 9 heteroatoms. The largest absolute Gasteiger partial charge is 0.469 e. The lowest BCUT2D eigenvalue weighted by atomic mass is 10.2. The second kappa shape index (κ2) is 7.03. The van der Waals surface area contributed by atoms with Crippen molar-refractivity contribution in [3.8, 4) is 5.69 Å². The summed E-state index contributed by atoms with van der Waals surface area (Å²) in [4.78, 5) is 27.8. The van der Waals surface area contributed by atoms with E-state index >= 15 is 0 Å². The SMILES string of the molecule is Cc1c(Nc2nnc(Cc3ccco3)c(=O)[nH]2)c(=O)n(-c2ccccc2)n1C.